The van der Waals surface area contributed by atoms with Crippen molar-refractivity contribution in [3.63, 3.8) is 0 Å². The Hall–Kier alpha value is -2.90. The van der Waals surface area contributed by atoms with Crippen molar-refractivity contribution < 1.29 is 9.59 Å². The van der Waals surface area contributed by atoms with Gasteiger partial charge in [-0.2, -0.15) is 0 Å². The van der Waals surface area contributed by atoms with E-state index in [0.29, 0.717) is 10.0 Å². The molecule has 0 radical (unpaired) electrons. The Kier molecular flexibility index (Phi) is 9.66. The van der Waals surface area contributed by atoms with Crippen LogP contribution in [0.15, 0.2) is 66.7 Å². The van der Waals surface area contributed by atoms with Crippen molar-refractivity contribution in [1.29, 1.82) is 0 Å². The highest BCUT2D eigenvalue weighted by Crippen LogP contribution is 2.34. The standard InChI is InChI=1S/C33H38Cl2N4O2/c1-36(2)23-32(40)39(28-15-16-29(34)30(35)21-28)31(22-37-17-3-4-18-37)26-11-7-24(8-12-26)25-9-13-27(14-10-25)33(41)38-19-5-6-20-38/h7-16,21,31H,3-6,17-20,22-23H2,1-2H3. The fourth-order valence-corrected chi connectivity index (χ4v) is 6.12. The highest BCUT2D eigenvalue weighted by atomic mass is 35.5. The molecule has 216 valence electrons. The Bertz CT molecular complexity index is 1350. The van der Waals surface area contributed by atoms with Crippen LogP contribution in [0, 0.1) is 0 Å². The van der Waals surface area contributed by atoms with Gasteiger partial charge in [-0.3, -0.25) is 9.59 Å². The van der Waals surface area contributed by atoms with Gasteiger partial charge in [-0.25, -0.2) is 0 Å². The topological polar surface area (TPSA) is 47.1 Å². The number of likely N-dealkylation sites (tertiary alicyclic amines) is 2. The van der Waals surface area contributed by atoms with E-state index in [-0.39, 0.29) is 24.4 Å². The second-order valence-corrected chi connectivity index (χ2v) is 12.1. The summed E-state index contributed by atoms with van der Waals surface area (Å²) in [7, 11) is 3.80. The number of halogens is 2. The smallest absolute Gasteiger partial charge is 0.253 e. The molecule has 0 saturated carbocycles. The van der Waals surface area contributed by atoms with Crippen molar-refractivity contribution in [3.05, 3.63) is 87.9 Å². The first-order valence-corrected chi connectivity index (χ1v) is 15.2. The van der Waals surface area contributed by atoms with Gasteiger partial charge < -0.3 is 19.6 Å². The van der Waals surface area contributed by atoms with Crippen LogP contribution in [0.2, 0.25) is 10.0 Å². The van der Waals surface area contributed by atoms with E-state index in [9.17, 15) is 9.59 Å². The molecule has 0 aliphatic carbocycles. The fraction of sp³-hybridized carbons (Fsp3) is 0.394. The summed E-state index contributed by atoms with van der Waals surface area (Å²) in [5.74, 6) is 0.110. The second-order valence-electron chi connectivity index (χ2n) is 11.3. The van der Waals surface area contributed by atoms with Crippen LogP contribution in [0.3, 0.4) is 0 Å². The Labute approximate surface area is 253 Å². The summed E-state index contributed by atoms with van der Waals surface area (Å²) >= 11 is 12.7. The van der Waals surface area contributed by atoms with Crippen molar-refractivity contribution >= 4 is 40.7 Å². The number of likely N-dealkylation sites (N-methyl/N-ethyl adjacent to an activating group) is 1. The number of anilines is 1. The molecule has 2 aliphatic rings. The second kappa shape index (κ2) is 13.4. The van der Waals surface area contributed by atoms with E-state index in [0.717, 1.165) is 73.5 Å². The van der Waals surface area contributed by atoms with Crippen LogP contribution >= 0.6 is 23.2 Å². The molecule has 6 nitrogen and oxygen atoms in total. The van der Waals surface area contributed by atoms with Gasteiger partial charge in [-0.15, -0.1) is 0 Å². The minimum atomic E-state index is -0.202. The molecular weight excluding hydrogens is 555 g/mol. The van der Waals surface area contributed by atoms with E-state index in [1.165, 1.54) is 12.8 Å². The van der Waals surface area contributed by atoms with E-state index in [1.807, 2.05) is 59.1 Å². The van der Waals surface area contributed by atoms with Gasteiger partial charge in [0, 0.05) is 30.9 Å². The first kappa shape index (κ1) is 29.6. The van der Waals surface area contributed by atoms with Gasteiger partial charge in [0.15, 0.2) is 0 Å². The fourth-order valence-electron chi connectivity index (χ4n) is 5.83. The zero-order valence-electron chi connectivity index (χ0n) is 23.9. The first-order valence-electron chi connectivity index (χ1n) is 14.4. The number of rotatable bonds is 9. The highest BCUT2D eigenvalue weighted by molar-refractivity contribution is 6.42. The minimum absolute atomic E-state index is 0.0000733. The van der Waals surface area contributed by atoms with Crippen LogP contribution in [0.1, 0.15) is 47.6 Å². The largest absolute Gasteiger partial charge is 0.339 e. The number of carbonyl (C=O) groups is 2. The maximum absolute atomic E-state index is 13.8. The van der Waals surface area contributed by atoms with E-state index in [4.69, 9.17) is 23.2 Å². The average molecular weight is 594 g/mol. The minimum Gasteiger partial charge on any atom is -0.339 e. The molecule has 1 unspecified atom stereocenters. The molecule has 2 fully saturated rings. The van der Waals surface area contributed by atoms with Crippen LogP contribution < -0.4 is 4.90 Å². The van der Waals surface area contributed by atoms with Crippen LogP contribution in [-0.4, -0.2) is 79.9 Å². The van der Waals surface area contributed by atoms with Crippen molar-refractivity contribution in [3.8, 4) is 11.1 Å². The molecule has 0 bridgehead atoms. The normalized spacial score (nSPS) is 16.4. The lowest BCUT2D eigenvalue weighted by Crippen LogP contribution is -2.44. The quantitative estimate of drug-likeness (QED) is 0.280. The maximum Gasteiger partial charge on any atom is 0.253 e. The van der Waals surface area contributed by atoms with Crippen LogP contribution in [-0.2, 0) is 4.79 Å². The summed E-state index contributed by atoms with van der Waals surface area (Å²) in [5.41, 5.74) is 4.64. The third-order valence-electron chi connectivity index (χ3n) is 8.00. The van der Waals surface area contributed by atoms with Crippen molar-refractivity contribution in [2.24, 2.45) is 0 Å². The van der Waals surface area contributed by atoms with Gasteiger partial charge in [0.25, 0.3) is 5.91 Å². The monoisotopic (exact) mass is 592 g/mol. The van der Waals surface area contributed by atoms with E-state index in [1.54, 1.807) is 12.1 Å². The van der Waals surface area contributed by atoms with Crippen LogP contribution in [0.4, 0.5) is 5.69 Å². The zero-order valence-corrected chi connectivity index (χ0v) is 25.4. The van der Waals surface area contributed by atoms with Crippen molar-refractivity contribution in [2.45, 2.75) is 31.7 Å². The molecule has 1 atom stereocenters. The molecule has 0 aromatic heterocycles. The third-order valence-corrected chi connectivity index (χ3v) is 8.74. The lowest BCUT2D eigenvalue weighted by Gasteiger charge is -2.36. The Morgan fingerprint density at radius 2 is 1.37 bits per heavy atom. The number of carbonyl (C=O) groups excluding carboxylic acids is 2. The van der Waals surface area contributed by atoms with E-state index >= 15 is 0 Å². The summed E-state index contributed by atoms with van der Waals surface area (Å²) in [6.45, 7) is 4.74. The number of benzene rings is 3. The highest BCUT2D eigenvalue weighted by Gasteiger charge is 2.30. The lowest BCUT2D eigenvalue weighted by atomic mass is 9.98. The molecule has 0 N–H and O–H groups in total. The Balaban J connectivity index is 1.45. The average Bonchev–Trinajstić information content (AvgIpc) is 3.69. The summed E-state index contributed by atoms with van der Waals surface area (Å²) < 4.78 is 0. The van der Waals surface area contributed by atoms with Gasteiger partial charge in [-0.1, -0.05) is 59.6 Å². The Morgan fingerprint density at radius 3 is 1.95 bits per heavy atom. The molecule has 2 saturated heterocycles. The predicted octanol–water partition coefficient (Wildman–Crippen LogP) is 6.63. The number of amides is 2. The number of hydrogen-bond donors (Lipinski definition) is 0. The van der Waals surface area contributed by atoms with E-state index in [2.05, 4.69) is 29.2 Å². The molecular formula is C33H38Cl2N4O2. The van der Waals surface area contributed by atoms with Gasteiger partial charge in [0.05, 0.1) is 22.6 Å². The third kappa shape index (κ3) is 7.12. The maximum atomic E-state index is 13.8. The zero-order chi connectivity index (χ0) is 28.9. The van der Waals surface area contributed by atoms with Crippen molar-refractivity contribution in [2.75, 3.05) is 58.3 Å². The summed E-state index contributed by atoms with van der Waals surface area (Å²) in [6, 6.07) is 21.5. The molecule has 2 aliphatic heterocycles. The van der Waals surface area contributed by atoms with Crippen LogP contribution in [0.5, 0.6) is 0 Å². The predicted molar refractivity (Wildman–Crippen MR) is 168 cm³/mol. The van der Waals surface area contributed by atoms with Gasteiger partial charge in [0.2, 0.25) is 5.91 Å². The lowest BCUT2D eigenvalue weighted by molar-refractivity contribution is -0.119. The van der Waals surface area contributed by atoms with Gasteiger partial charge >= 0.3 is 0 Å². The summed E-state index contributed by atoms with van der Waals surface area (Å²) in [4.78, 5) is 34.7. The molecule has 5 rings (SSSR count). The summed E-state index contributed by atoms with van der Waals surface area (Å²) in [5, 5.41) is 0.887. The van der Waals surface area contributed by atoms with E-state index < -0.39 is 0 Å². The molecule has 8 heteroatoms. The van der Waals surface area contributed by atoms with Crippen LogP contribution in [0.25, 0.3) is 11.1 Å². The number of hydrogen-bond acceptors (Lipinski definition) is 4. The summed E-state index contributed by atoms with van der Waals surface area (Å²) in [6.07, 6.45) is 4.50. The van der Waals surface area contributed by atoms with Gasteiger partial charge in [0.1, 0.15) is 0 Å². The molecule has 3 aromatic carbocycles. The molecule has 41 heavy (non-hydrogen) atoms. The molecule has 2 amide bonds. The van der Waals surface area contributed by atoms with Crippen molar-refractivity contribution in [1.82, 2.24) is 14.7 Å². The molecule has 0 spiro atoms. The molecule has 3 aromatic rings. The SMILES string of the molecule is CN(C)CC(=O)N(c1ccc(Cl)c(Cl)c1)C(CN1CCCC1)c1ccc(-c2ccc(C(=O)N3CCCC3)cc2)cc1. The first-order chi connectivity index (χ1) is 19.8. The Morgan fingerprint density at radius 1 is 0.780 bits per heavy atom. The number of nitrogens with zero attached hydrogens (tertiary/aromatic N) is 4. The molecule has 2 heterocycles. The van der Waals surface area contributed by atoms with Gasteiger partial charge in [-0.05, 0) is 99.9 Å².